The van der Waals surface area contributed by atoms with Gasteiger partial charge in [-0.1, -0.05) is 53.6 Å². The van der Waals surface area contributed by atoms with E-state index in [1.807, 2.05) is 5.43 Å². The van der Waals surface area contributed by atoms with Gasteiger partial charge in [0.15, 0.2) is 0 Å². The van der Waals surface area contributed by atoms with E-state index in [2.05, 4.69) is 10.7 Å². The molecule has 3 amide bonds. The second-order valence-corrected chi connectivity index (χ2v) is 10.1. The Morgan fingerprint density at radius 2 is 1.07 bits per heavy atom. The van der Waals surface area contributed by atoms with E-state index in [4.69, 9.17) is 9.47 Å². The smallest absolute Gasteiger partial charge is 0.349 e. The van der Waals surface area contributed by atoms with E-state index in [0.717, 1.165) is 0 Å². The fourth-order valence-electron chi connectivity index (χ4n) is 4.16. The van der Waals surface area contributed by atoms with E-state index in [1.165, 1.54) is 48.5 Å². The van der Waals surface area contributed by atoms with Gasteiger partial charge in [0.25, 0.3) is 17.7 Å². The summed E-state index contributed by atoms with van der Waals surface area (Å²) in [6.07, 6.45) is -4.50. The Balaban J connectivity index is 1.48. The standard InChI is InChI=1S/C34H29N3O9/c1-20-8-6-12-24(18-20)33(43)45-27(28(32(41)42)46-34(44)25-13-7-9-21(2)19-25)31(40)37-36-30(39)23-14-16-26(17-15-23)35-29(38)22-10-4-3-5-11-22/h3-19,27-28H,1-2H3,(H,35,38)(H,36,39)(H,37,40)(H,41,42)/t27-,28-/m1/s1. The molecule has 0 aliphatic heterocycles. The third kappa shape index (κ3) is 8.63. The molecule has 46 heavy (non-hydrogen) atoms. The van der Waals surface area contributed by atoms with Crippen molar-refractivity contribution in [2.75, 3.05) is 5.32 Å². The van der Waals surface area contributed by atoms with Crippen LogP contribution in [0.3, 0.4) is 0 Å². The summed E-state index contributed by atoms with van der Waals surface area (Å²) < 4.78 is 10.4. The predicted molar refractivity (Wildman–Crippen MR) is 165 cm³/mol. The zero-order valence-electron chi connectivity index (χ0n) is 24.7. The summed E-state index contributed by atoms with van der Waals surface area (Å²) >= 11 is 0. The number of hydrogen-bond acceptors (Lipinski definition) is 8. The second-order valence-electron chi connectivity index (χ2n) is 10.1. The zero-order valence-corrected chi connectivity index (χ0v) is 24.7. The summed E-state index contributed by atoms with van der Waals surface area (Å²) in [5, 5.41) is 12.6. The van der Waals surface area contributed by atoms with Crippen LogP contribution >= 0.6 is 0 Å². The quantitative estimate of drug-likeness (QED) is 0.151. The molecule has 4 rings (SSSR count). The molecule has 0 fully saturated rings. The first-order valence-corrected chi connectivity index (χ1v) is 13.9. The third-order valence-corrected chi connectivity index (χ3v) is 6.49. The molecule has 0 heterocycles. The molecule has 0 aliphatic rings. The monoisotopic (exact) mass is 623 g/mol. The van der Waals surface area contributed by atoms with Gasteiger partial charge in [0.05, 0.1) is 11.1 Å². The Morgan fingerprint density at radius 1 is 0.565 bits per heavy atom. The molecule has 4 N–H and O–H groups in total. The molecule has 0 spiro atoms. The Kier molecular flexibility index (Phi) is 10.6. The van der Waals surface area contributed by atoms with Gasteiger partial charge < -0.3 is 19.9 Å². The Labute approximate surface area is 263 Å². The van der Waals surface area contributed by atoms with Gasteiger partial charge in [0, 0.05) is 16.8 Å². The highest BCUT2D eigenvalue weighted by atomic mass is 16.6. The highest BCUT2D eigenvalue weighted by Gasteiger charge is 2.41. The van der Waals surface area contributed by atoms with Crippen LogP contribution in [-0.4, -0.2) is 52.9 Å². The number of nitrogens with one attached hydrogen (secondary N) is 3. The number of carbonyl (C=O) groups excluding carboxylic acids is 5. The number of aliphatic carboxylic acids is 1. The molecule has 0 saturated heterocycles. The zero-order chi connectivity index (χ0) is 33.2. The number of anilines is 1. The Hall–Kier alpha value is -6.30. The molecule has 0 radical (unpaired) electrons. The van der Waals surface area contributed by atoms with E-state index in [-0.39, 0.29) is 22.6 Å². The Morgan fingerprint density at radius 3 is 1.59 bits per heavy atom. The SMILES string of the molecule is Cc1cccc(C(=O)O[C@@H](C(=O)O)[C@@H](OC(=O)c2cccc(C)c2)C(=O)NNC(=O)c2ccc(NC(=O)c3ccccc3)cc2)c1. The summed E-state index contributed by atoms with van der Waals surface area (Å²) in [7, 11) is 0. The van der Waals surface area contributed by atoms with Crippen LogP contribution in [0.5, 0.6) is 0 Å². The van der Waals surface area contributed by atoms with Crippen LogP contribution in [0.1, 0.15) is 52.6 Å². The van der Waals surface area contributed by atoms with Gasteiger partial charge >= 0.3 is 17.9 Å². The molecular weight excluding hydrogens is 594 g/mol. The molecule has 0 aliphatic carbocycles. The summed E-state index contributed by atoms with van der Waals surface area (Å²) in [5.74, 6) is -6.39. The lowest BCUT2D eigenvalue weighted by Crippen LogP contribution is -2.54. The number of hydrazine groups is 1. The number of carboxylic acid groups (broad SMARTS) is 1. The fourth-order valence-corrected chi connectivity index (χ4v) is 4.16. The van der Waals surface area contributed by atoms with Gasteiger partial charge in [-0.3, -0.25) is 25.2 Å². The van der Waals surface area contributed by atoms with Gasteiger partial charge in [-0.2, -0.15) is 0 Å². The van der Waals surface area contributed by atoms with E-state index in [1.54, 1.807) is 68.4 Å². The molecule has 2 atom stereocenters. The molecular formula is C34H29N3O9. The van der Waals surface area contributed by atoms with Gasteiger partial charge in [-0.25, -0.2) is 14.4 Å². The van der Waals surface area contributed by atoms with Crippen molar-refractivity contribution in [3.8, 4) is 0 Å². The maximum Gasteiger partial charge on any atom is 0.349 e. The van der Waals surface area contributed by atoms with Crippen LogP contribution in [-0.2, 0) is 19.1 Å². The van der Waals surface area contributed by atoms with Crippen molar-refractivity contribution in [1.82, 2.24) is 10.9 Å². The number of aryl methyl sites for hydroxylation is 2. The average Bonchev–Trinajstić information content (AvgIpc) is 3.05. The minimum atomic E-state index is -2.29. The number of carbonyl (C=O) groups is 6. The van der Waals surface area contributed by atoms with Crippen molar-refractivity contribution in [1.29, 1.82) is 0 Å². The Bertz CT molecular complexity index is 1770. The van der Waals surface area contributed by atoms with Crippen molar-refractivity contribution in [3.63, 3.8) is 0 Å². The van der Waals surface area contributed by atoms with E-state index < -0.39 is 41.9 Å². The fraction of sp³-hybridized carbons (Fsp3) is 0.118. The number of amides is 3. The first-order valence-electron chi connectivity index (χ1n) is 13.9. The van der Waals surface area contributed by atoms with Crippen molar-refractivity contribution in [2.24, 2.45) is 0 Å². The summed E-state index contributed by atoms with van der Waals surface area (Å²) in [6, 6.07) is 26.4. The summed E-state index contributed by atoms with van der Waals surface area (Å²) in [6.45, 7) is 3.42. The number of rotatable bonds is 10. The maximum absolute atomic E-state index is 13.2. The first kappa shape index (κ1) is 32.6. The molecule has 234 valence electrons. The lowest BCUT2D eigenvalue weighted by molar-refractivity contribution is -0.159. The number of esters is 2. The minimum Gasteiger partial charge on any atom is -0.478 e. The summed E-state index contributed by atoms with van der Waals surface area (Å²) in [4.78, 5) is 76.4. The lowest BCUT2D eigenvalue weighted by Gasteiger charge is -2.23. The van der Waals surface area contributed by atoms with Crippen LogP contribution in [0.2, 0.25) is 0 Å². The van der Waals surface area contributed by atoms with Crippen LogP contribution < -0.4 is 16.2 Å². The van der Waals surface area contributed by atoms with Gasteiger partial charge in [-0.05, 0) is 74.5 Å². The average molecular weight is 624 g/mol. The van der Waals surface area contributed by atoms with Gasteiger partial charge in [0.1, 0.15) is 0 Å². The molecule has 12 nitrogen and oxygen atoms in total. The van der Waals surface area contributed by atoms with Crippen molar-refractivity contribution in [3.05, 3.63) is 137 Å². The van der Waals surface area contributed by atoms with Crippen molar-refractivity contribution in [2.45, 2.75) is 26.1 Å². The van der Waals surface area contributed by atoms with Crippen molar-refractivity contribution < 1.29 is 43.3 Å². The van der Waals surface area contributed by atoms with Gasteiger partial charge in [-0.15, -0.1) is 0 Å². The van der Waals surface area contributed by atoms with Crippen LogP contribution in [0.4, 0.5) is 5.69 Å². The molecule has 4 aromatic carbocycles. The van der Waals surface area contributed by atoms with Gasteiger partial charge in [0.2, 0.25) is 12.2 Å². The van der Waals surface area contributed by atoms with Crippen LogP contribution in [0.15, 0.2) is 103 Å². The molecule has 0 unspecified atom stereocenters. The minimum absolute atomic E-state index is 0.00660. The predicted octanol–water partition coefficient (Wildman–Crippen LogP) is 3.85. The number of benzene rings is 4. The highest BCUT2D eigenvalue weighted by molar-refractivity contribution is 6.04. The van der Waals surface area contributed by atoms with E-state index in [9.17, 15) is 33.9 Å². The normalized spacial score (nSPS) is 11.7. The third-order valence-electron chi connectivity index (χ3n) is 6.49. The number of hydrogen-bond donors (Lipinski definition) is 4. The molecule has 0 bridgehead atoms. The molecule has 4 aromatic rings. The van der Waals surface area contributed by atoms with Crippen molar-refractivity contribution >= 4 is 41.3 Å². The topological polar surface area (TPSA) is 177 Å². The largest absolute Gasteiger partial charge is 0.478 e. The molecule has 0 aromatic heterocycles. The highest BCUT2D eigenvalue weighted by Crippen LogP contribution is 2.16. The first-order chi connectivity index (χ1) is 22.0. The molecule has 0 saturated carbocycles. The van der Waals surface area contributed by atoms with E-state index in [0.29, 0.717) is 22.4 Å². The molecule has 12 heteroatoms. The van der Waals surface area contributed by atoms with Crippen LogP contribution in [0, 0.1) is 13.8 Å². The van der Waals surface area contributed by atoms with Crippen LogP contribution in [0.25, 0.3) is 0 Å². The maximum atomic E-state index is 13.2. The second kappa shape index (κ2) is 14.9. The number of ether oxygens (including phenoxy) is 2. The lowest BCUT2D eigenvalue weighted by atomic mass is 10.1. The van der Waals surface area contributed by atoms with E-state index >= 15 is 0 Å². The summed E-state index contributed by atoms with van der Waals surface area (Å²) in [5.41, 5.74) is 6.45. The number of carboxylic acids is 1.